The number of anilines is 1. The zero-order valence-electron chi connectivity index (χ0n) is 19.7. The lowest BCUT2D eigenvalue weighted by atomic mass is 10.1. The van der Waals surface area contributed by atoms with Crippen LogP contribution in [0.1, 0.15) is 48.8 Å². The molecule has 2 aromatic carbocycles. The van der Waals surface area contributed by atoms with Crippen molar-refractivity contribution in [2.45, 2.75) is 53.5 Å². The number of fused-ring (bicyclic) bond motifs is 1. The molecule has 2 heterocycles. The van der Waals surface area contributed by atoms with Crippen molar-refractivity contribution in [2.75, 3.05) is 5.32 Å². The van der Waals surface area contributed by atoms with E-state index in [1.54, 1.807) is 4.68 Å². The number of carbonyl (C=O) groups excluding carboxylic acids is 1. The lowest BCUT2D eigenvalue weighted by Crippen LogP contribution is -2.35. The largest absolute Gasteiger partial charge is 0.324 e. The average molecular weight is 444 g/mol. The van der Waals surface area contributed by atoms with Crippen molar-refractivity contribution < 1.29 is 4.79 Å². The van der Waals surface area contributed by atoms with E-state index >= 15 is 0 Å². The normalized spacial score (nSPS) is 12.2. The number of nitrogens with one attached hydrogen (secondary N) is 1. The van der Waals surface area contributed by atoms with E-state index in [2.05, 4.69) is 22.4 Å². The topological polar surface area (TPSA) is 81.8 Å². The van der Waals surface area contributed by atoms with Crippen molar-refractivity contribution in [3.8, 4) is 5.69 Å². The van der Waals surface area contributed by atoms with E-state index in [9.17, 15) is 9.59 Å². The second-order valence-corrected chi connectivity index (χ2v) is 8.36. The van der Waals surface area contributed by atoms with Crippen LogP contribution in [0.4, 0.5) is 5.69 Å². The Labute approximate surface area is 193 Å². The predicted molar refractivity (Wildman–Crippen MR) is 131 cm³/mol. The number of amides is 1. The van der Waals surface area contributed by atoms with Gasteiger partial charge in [0.1, 0.15) is 6.04 Å². The molecule has 0 aliphatic carbocycles. The van der Waals surface area contributed by atoms with Crippen LogP contribution < -0.4 is 10.9 Å². The number of aryl methyl sites for hydroxylation is 4. The molecule has 7 nitrogen and oxygen atoms in total. The van der Waals surface area contributed by atoms with Crippen LogP contribution in [0.25, 0.3) is 16.6 Å². The van der Waals surface area contributed by atoms with Crippen molar-refractivity contribution in [1.29, 1.82) is 0 Å². The van der Waals surface area contributed by atoms with E-state index in [1.165, 1.54) is 4.68 Å². The number of carbonyl (C=O) groups is 1. The highest BCUT2D eigenvalue weighted by molar-refractivity contribution is 5.94. The lowest BCUT2D eigenvalue weighted by molar-refractivity contribution is -0.119. The molecule has 4 rings (SSSR count). The maximum Gasteiger partial charge on any atom is 0.295 e. The molecule has 0 bridgehead atoms. The minimum Gasteiger partial charge on any atom is -0.324 e. The Kier molecular flexibility index (Phi) is 6.14. The van der Waals surface area contributed by atoms with E-state index in [0.717, 1.165) is 34.3 Å². The van der Waals surface area contributed by atoms with Gasteiger partial charge in [-0.1, -0.05) is 43.7 Å². The van der Waals surface area contributed by atoms with Gasteiger partial charge in [-0.25, -0.2) is 9.36 Å². The molecule has 0 aliphatic rings. The van der Waals surface area contributed by atoms with Crippen LogP contribution in [0, 0.1) is 20.8 Å². The molecule has 0 radical (unpaired) electrons. The van der Waals surface area contributed by atoms with Crippen LogP contribution in [-0.4, -0.2) is 25.5 Å². The van der Waals surface area contributed by atoms with Crippen molar-refractivity contribution in [2.24, 2.45) is 0 Å². The molecule has 4 aromatic rings. The maximum absolute atomic E-state index is 13.4. The Morgan fingerprint density at radius 3 is 2.42 bits per heavy atom. The summed E-state index contributed by atoms with van der Waals surface area (Å²) in [5.74, 6) is -0.270. The van der Waals surface area contributed by atoms with Gasteiger partial charge in [-0.2, -0.15) is 10.2 Å². The molecule has 33 heavy (non-hydrogen) atoms. The first-order valence-corrected chi connectivity index (χ1v) is 11.3. The third kappa shape index (κ3) is 4.18. The molecular formula is C26H29N5O2. The SMILES string of the molecule is CCc1cccc(NC(=O)[C@@H](CC)n2nc(C)c3c(C)n(-c4ccc(C)cc4)nc3c2=O)c1. The Bertz CT molecular complexity index is 1380. The summed E-state index contributed by atoms with van der Waals surface area (Å²) in [7, 11) is 0. The molecule has 0 spiro atoms. The predicted octanol–water partition coefficient (Wildman–Crippen LogP) is 4.66. The highest BCUT2D eigenvalue weighted by Crippen LogP contribution is 2.23. The third-order valence-corrected chi connectivity index (χ3v) is 6.01. The molecule has 1 amide bonds. The molecular weight excluding hydrogens is 414 g/mol. The summed E-state index contributed by atoms with van der Waals surface area (Å²) >= 11 is 0. The molecule has 0 aliphatic heterocycles. The zero-order chi connectivity index (χ0) is 23.7. The van der Waals surface area contributed by atoms with Gasteiger partial charge in [0.2, 0.25) is 5.91 Å². The monoisotopic (exact) mass is 443 g/mol. The fourth-order valence-corrected chi connectivity index (χ4v) is 4.16. The minimum absolute atomic E-state index is 0.270. The number of rotatable bonds is 6. The fraction of sp³-hybridized carbons (Fsp3) is 0.308. The second-order valence-electron chi connectivity index (χ2n) is 8.36. The first-order chi connectivity index (χ1) is 15.8. The first-order valence-electron chi connectivity index (χ1n) is 11.3. The van der Waals surface area contributed by atoms with Crippen LogP contribution in [-0.2, 0) is 11.2 Å². The molecule has 1 atom stereocenters. The summed E-state index contributed by atoms with van der Waals surface area (Å²) < 4.78 is 3.05. The van der Waals surface area contributed by atoms with E-state index in [0.29, 0.717) is 23.3 Å². The average Bonchev–Trinajstić information content (AvgIpc) is 3.16. The molecule has 170 valence electrons. The van der Waals surface area contributed by atoms with E-state index < -0.39 is 6.04 Å². The Hall–Kier alpha value is -3.74. The Balaban J connectivity index is 1.76. The first kappa shape index (κ1) is 22.5. The molecule has 0 fully saturated rings. The van der Waals surface area contributed by atoms with Crippen LogP contribution in [0.2, 0.25) is 0 Å². The number of hydrogen-bond acceptors (Lipinski definition) is 4. The van der Waals surface area contributed by atoms with Gasteiger partial charge in [0.15, 0.2) is 5.52 Å². The molecule has 7 heteroatoms. The van der Waals surface area contributed by atoms with Gasteiger partial charge in [-0.3, -0.25) is 9.59 Å². The zero-order valence-corrected chi connectivity index (χ0v) is 19.7. The highest BCUT2D eigenvalue weighted by atomic mass is 16.2. The summed E-state index contributed by atoms with van der Waals surface area (Å²) in [5.41, 5.74) is 5.33. The van der Waals surface area contributed by atoms with Crippen molar-refractivity contribution in [3.05, 3.63) is 81.4 Å². The van der Waals surface area contributed by atoms with Crippen LogP contribution >= 0.6 is 0 Å². The standard InChI is InChI=1S/C26H29N5O2/c1-6-19-9-8-10-20(15-19)27-25(32)22(7-2)31-26(33)24-23(17(4)28-31)18(5)30(29-24)21-13-11-16(3)12-14-21/h8-15,22H,6-7H2,1-5H3,(H,27,32)/t22-/m1/s1. The van der Waals surface area contributed by atoms with Gasteiger partial charge in [-0.15, -0.1) is 0 Å². The van der Waals surface area contributed by atoms with Crippen molar-refractivity contribution in [3.63, 3.8) is 0 Å². The number of nitrogens with zero attached hydrogens (tertiary/aromatic N) is 4. The fourth-order valence-electron chi connectivity index (χ4n) is 4.16. The summed E-state index contributed by atoms with van der Waals surface area (Å²) in [6.07, 6.45) is 1.30. The Morgan fingerprint density at radius 2 is 1.76 bits per heavy atom. The molecule has 1 N–H and O–H groups in total. The van der Waals surface area contributed by atoms with E-state index in [4.69, 9.17) is 0 Å². The number of benzene rings is 2. The number of aromatic nitrogens is 4. The molecule has 0 saturated heterocycles. The van der Waals surface area contributed by atoms with Gasteiger partial charge in [0, 0.05) is 5.69 Å². The Morgan fingerprint density at radius 1 is 1.03 bits per heavy atom. The summed E-state index contributed by atoms with van der Waals surface area (Å²) in [5, 5.41) is 12.8. The van der Waals surface area contributed by atoms with Crippen LogP contribution in [0.3, 0.4) is 0 Å². The van der Waals surface area contributed by atoms with E-state index in [-0.39, 0.29) is 11.5 Å². The molecule has 2 aromatic heterocycles. The quantitative estimate of drug-likeness (QED) is 0.470. The van der Waals surface area contributed by atoms with Gasteiger partial charge in [0.25, 0.3) is 5.56 Å². The minimum atomic E-state index is -0.740. The van der Waals surface area contributed by atoms with Crippen LogP contribution in [0.5, 0.6) is 0 Å². The molecule has 0 unspecified atom stereocenters. The van der Waals surface area contributed by atoms with Gasteiger partial charge < -0.3 is 5.32 Å². The smallest absolute Gasteiger partial charge is 0.295 e. The van der Waals surface area contributed by atoms with Crippen molar-refractivity contribution in [1.82, 2.24) is 19.6 Å². The second kappa shape index (κ2) is 9.02. The summed E-state index contributed by atoms with van der Waals surface area (Å²) in [4.78, 5) is 26.6. The van der Waals surface area contributed by atoms with Crippen molar-refractivity contribution >= 4 is 22.5 Å². The van der Waals surface area contributed by atoms with Crippen LogP contribution in [0.15, 0.2) is 53.3 Å². The molecule has 0 saturated carbocycles. The lowest BCUT2D eigenvalue weighted by Gasteiger charge is -2.17. The van der Waals surface area contributed by atoms with Gasteiger partial charge in [0.05, 0.1) is 22.5 Å². The summed E-state index contributed by atoms with van der Waals surface area (Å²) in [6, 6.07) is 15.0. The maximum atomic E-state index is 13.4. The summed E-state index contributed by atoms with van der Waals surface area (Å²) in [6.45, 7) is 9.74. The highest BCUT2D eigenvalue weighted by Gasteiger charge is 2.25. The number of hydrogen-bond donors (Lipinski definition) is 1. The third-order valence-electron chi connectivity index (χ3n) is 6.01. The van der Waals surface area contributed by atoms with Gasteiger partial charge >= 0.3 is 0 Å². The van der Waals surface area contributed by atoms with Gasteiger partial charge in [-0.05, 0) is 63.4 Å². The van der Waals surface area contributed by atoms with E-state index in [1.807, 2.05) is 76.2 Å².